The highest BCUT2D eigenvalue weighted by atomic mass is 16.6. The van der Waals surface area contributed by atoms with Crippen molar-refractivity contribution in [2.75, 3.05) is 13.2 Å². The minimum Gasteiger partial charge on any atom is -0.494 e. The summed E-state index contributed by atoms with van der Waals surface area (Å²) in [6.07, 6.45) is 6.71. The van der Waals surface area contributed by atoms with Crippen molar-refractivity contribution in [2.24, 2.45) is 5.92 Å². The Kier molecular flexibility index (Phi) is 8.78. The summed E-state index contributed by atoms with van der Waals surface area (Å²) in [5.41, 5.74) is 5.03. The molecule has 4 rings (SSSR count). The van der Waals surface area contributed by atoms with Crippen molar-refractivity contribution in [3.05, 3.63) is 93.7 Å². The molecule has 0 saturated carbocycles. The zero-order chi connectivity index (χ0) is 27.1. The monoisotopic (exact) mass is 519 g/mol. The van der Waals surface area contributed by atoms with E-state index in [-0.39, 0.29) is 24.4 Å². The minimum absolute atomic E-state index is 0.00929. The molecule has 2 aliphatic heterocycles. The van der Waals surface area contributed by atoms with Gasteiger partial charge < -0.3 is 24.3 Å². The Balaban J connectivity index is 1.56. The number of carbonyl (C=O) groups is 2. The number of rotatable bonds is 9. The number of nitrogens with one attached hydrogen (secondary N) is 1. The second kappa shape index (κ2) is 12.4. The van der Waals surface area contributed by atoms with Crippen LogP contribution in [0, 0.1) is 5.92 Å². The number of allylic oxidation sites excluding steroid dienone is 3. The molecule has 2 aromatic rings. The van der Waals surface area contributed by atoms with Crippen molar-refractivity contribution in [3.8, 4) is 0 Å². The van der Waals surface area contributed by atoms with E-state index in [4.69, 9.17) is 18.9 Å². The fourth-order valence-corrected chi connectivity index (χ4v) is 4.29. The number of pyridine rings is 2. The molecule has 2 aromatic heterocycles. The molecule has 0 radical (unpaired) electrons. The highest BCUT2D eigenvalue weighted by Crippen LogP contribution is 2.38. The molecule has 9 heteroatoms. The van der Waals surface area contributed by atoms with Crippen LogP contribution in [-0.4, -0.2) is 35.1 Å². The molecule has 0 atom stereocenters. The maximum absolute atomic E-state index is 13.4. The Hall–Kier alpha value is -4.14. The first-order valence-electron chi connectivity index (χ1n) is 12.8. The number of ether oxygens (including phenoxy) is 4. The van der Waals surface area contributed by atoms with Gasteiger partial charge in [0.05, 0.1) is 28.5 Å². The Morgan fingerprint density at radius 3 is 1.79 bits per heavy atom. The summed E-state index contributed by atoms with van der Waals surface area (Å²) in [6.45, 7) is 8.25. The number of aromatic nitrogens is 2. The maximum atomic E-state index is 13.4. The predicted molar refractivity (Wildman–Crippen MR) is 139 cm³/mol. The van der Waals surface area contributed by atoms with E-state index in [0.29, 0.717) is 41.8 Å². The first-order chi connectivity index (χ1) is 18.4. The predicted octanol–water partition coefficient (Wildman–Crippen LogP) is 4.04. The lowest BCUT2D eigenvalue weighted by Gasteiger charge is -2.32. The number of dihydropyridines is 1. The Labute approximate surface area is 222 Å². The van der Waals surface area contributed by atoms with E-state index >= 15 is 0 Å². The molecule has 0 fully saturated rings. The molecule has 2 aliphatic rings. The lowest BCUT2D eigenvalue weighted by atomic mass is 9.84. The topological polar surface area (TPSA) is 109 Å². The second-order valence-corrected chi connectivity index (χ2v) is 9.05. The highest BCUT2D eigenvalue weighted by Gasteiger charge is 2.41. The largest absolute Gasteiger partial charge is 0.494 e. The molecular weight excluding hydrogens is 486 g/mol. The van der Waals surface area contributed by atoms with Gasteiger partial charge in [0.25, 0.3) is 0 Å². The van der Waals surface area contributed by atoms with Gasteiger partial charge in [-0.2, -0.15) is 0 Å². The number of aryl methyl sites for hydroxylation is 2. The van der Waals surface area contributed by atoms with Crippen LogP contribution in [0.4, 0.5) is 0 Å². The van der Waals surface area contributed by atoms with E-state index in [2.05, 4.69) is 15.3 Å². The SMILES string of the molecule is CCc1ccc(COC(=O)C2=C(C)NC(C)=C(C(=O)OCc3ccc(CC)cn3)C2C2=COCCO2)nc1. The van der Waals surface area contributed by atoms with Gasteiger partial charge in [0.2, 0.25) is 0 Å². The number of hydrogen-bond acceptors (Lipinski definition) is 9. The minimum atomic E-state index is -0.859. The second-order valence-electron chi connectivity index (χ2n) is 9.05. The Morgan fingerprint density at radius 2 is 1.39 bits per heavy atom. The third-order valence-corrected chi connectivity index (χ3v) is 6.44. The molecule has 0 aliphatic carbocycles. The molecule has 200 valence electrons. The van der Waals surface area contributed by atoms with E-state index in [9.17, 15) is 9.59 Å². The summed E-state index contributed by atoms with van der Waals surface area (Å²) in [7, 11) is 0. The maximum Gasteiger partial charge on any atom is 0.337 e. The first-order valence-corrected chi connectivity index (χ1v) is 12.8. The van der Waals surface area contributed by atoms with Gasteiger partial charge in [0.1, 0.15) is 38.4 Å². The van der Waals surface area contributed by atoms with Gasteiger partial charge in [0.15, 0.2) is 0 Å². The number of esters is 2. The zero-order valence-electron chi connectivity index (χ0n) is 22.2. The van der Waals surface area contributed by atoms with Gasteiger partial charge in [-0.05, 0) is 49.9 Å². The van der Waals surface area contributed by atoms with Crippen LogP contribution in [0.15, 0.2) is 71.2 Å². The lowest BCUT2D eigenvalue weighted by Crippen LogP contribution is -2.35. The molecule has 0 unspecified atom stereocenters. The third kappa shape index (κ3) is 6.22. The van der Waals surface area contributed by atoms with Crippen LogP contribution in [0.25, 0.3) is 0 Å². The van der Waals surface area contributed by atoms with Crippen LogP contribution in [0.2, 0.25) is 0 Å². The van der Waals surface area contributed by atoms with Crippen LogP contribution in [-0.2, 0) is 54.6 Å². The van der Waals surface area contributed by atoms with Crippen LogP contribution in [0.3, 0.4) is 0 Å². The van der Waals surface area contributed by atoms with Gasteiger partial charge in [0, 0.05) is 23.8 Å². The molecule has 9 nitrogen and oxygen atoms in total. The number of nitrogens with zero attached hydrogens (tertiary/aromatic N) is 2. The van der Waals surface area contributed by atoms with Crippen molar-refractivity contribution in [3.63, 3.8) is 0 Å². The van der Waals surface area contributed by atoms with Gasteiger partial charge in [-0.1, -0.05) is 26.0 Å². The summed E-state index contributed by atoms with van der Waals surface area (Å²) in [5, 5.41) is 3.14. The van der Waals surface area contributed by atoms with Crippen molar-refractivity contribution >= 4 is 11.9 Å². The van der Waals surface area contributed by atoms with E-state index in [1.807, 2.05) is 38.1 Å². The number of carbonyl (C=O) groups excluding carboxylic acids is 2. The first kappa shape index (κ1) is 26.9. The standard InChI is InChI=1S/C29H33N3O6/c1-5-20-7-9-22(30-13-20)15-37-28(33)25-18(3)32-19(4)26(27(25)24-17-35-11-12-36-24)29(34)38-16-23-10-8-21(6-2)14-31-23/h7-10,13-14,17,27,32H,5-6,11-12,15-16H2,1-4H3. The Morgan fingerprint density at radius 1 is 0.868 bits per heavy atom. The fourth-order valence-electron chi connectivity index (χ4n) is 4.29. The van der Waals surface area contributed by atoms with E-state index in [0.717, 1.165) is 24.0 Å². The molecule has 1 N–H and O–H groups in total. The van der Waals surface area contributed by atoms with Crippen molar-refractivity contribution in [1.82, 2.24) is 15.3 Å². The van der Waals surface area contributed by atoms with Crippen molar-refractivity contribution < 1.29 is 28.5 Å². The Bertz CT molecular complexity index is 1180. The summed E-state index contributed by atoms with van der Waals surface area (Å²) in [4.78, 5) is 35.6. The zero-order valence-corrected chi connectivity index (χ0v) is 22.2. The molecule has 0 bridgehead atoms. The fraction of sp³-hybridized carbons (Fsp3) is 0.379. The summed E-state index contributed by atoms with van der Waals surface area (Å²) in [6, 6.07) is 7.57. The van der Waals surface area contributed by atoms with Gasteiger partial charge in [-0.3, -0.25) is 9.97 Å². The summed E-state index contributed by atoms with van der Waals surface area (Å²) < 4.78 is 22.6. The van der Waals surface area contributed by atoms with Crippen LogP contribution < -0.4 is 5.32 Å². The molecule has 0 aromatic carbocycles. The lowest BCUT2D eigenvalue weighted by molar-refractivity contribution is -0.142. The van der Waals surface area contributed by atoms with Crippen LogP contribution in [0.5, 0.6) is 0 Å². The smallest absolute Gasteiger partial charge is 0.337 e. The van der Waals surface area contributed by atoms with E-state index in [1.54, 1.807) is 26.2 Å². The molecular formula is C29H33N3O6. The third-order valence-electron chi connectivity index (χ3n) is 6.44. The molecule has 0 saturated heterocycles. The van der Waals surface area contributed by atoms with Crippen LogP contribution in [0.1, 0.15) is 50.2 Å². The quantitative estimate of drug-likeness (QED) is 0.491. The average molecular weight is 520 g/mol. The molecule has 0 spiro atoms. The van der Waals surface area contributed by atoms with E-state index < -0.39 is 17.9 Å². The van der Waals surface area contributed by atoms with Crippen molar-refractivity contribution in [2.45, 2.75) is 53.8 Å². The van der Waals surface area contributed by atoms with Gasteiger partial charge in [-0.25, -0.2) is 9.59 Å². The summed E-state index contributed by atoms with van der Waals surface area (Å²) in [5.74, 6) is -1.70. The van der Waals surface area contributed by atoms with Crippen LogP contribution >= 0.6 is 0 Å². The number of hydrogen-bond donors (Lipinski definition) is 1. The van der Waals surface area contributed by atoms with Gasteiger partial charge in [-0.15, -0.1) is 0 Å². The highest BCUT2D eigenvalue weighted by molar-refractivity contribution is 5.98. The molecule has 4 heterocycles. The van der Waals surface area contributed by atoms with E-state index in [1.165, 1.54) is 6.26 Å². The molecule has 38 heavy (non-hydrogen) atoms. The summed E-state index contributed by atoms with van der Waals surface area (Å²) >= 11 is 0. The van der Waals surface area contributed by atoms with Gasteiger partial charge >= 0.3 is 11.9 Å². The van der Waals surface area contributed by atoms with Crippen molar-refractivity contribution in [1.29, 1.82) is 0 Å². The average Bonchev–Trinajstić information content (AvgIpc) is 2.95. The molecule has 0 amide bonds. The normalized spacial score (nSPS) is 15.7.